The molecule has 0 saturated heterocycles. The molecule has 22 heavy (non-hydrogen) atoms. The van der Waals surface area contributed by atoms with Crippen LogP contribution in [0.4, 0.5) is 5.95 Å². The van der Waals surface area contributed by atoms with Crippen LogP contribution in [0.5, 0.6) is 11.5 Å². The van der Waals surface area contributed by atoms with Crippen molar-refractivity contribution in [1.82, 2.24) is 19.9 Å². The summed E-state index contributed by atoms with van der Waals surface area (Å²) in [6.45, 7) is 1.11. The number of fused-ring (bicyclic) bond motifs is 1. The molecule has 0 aliphatic carbocycles. The standard InChI is InChI=1S/C15H13N5O2/c16-15-19-13(14(20-15)10-3-4-17-8-18-10)9-1-2-11-12(7-9)22-6-5-21-11/h1-4,7-8H,5-6H2,(H3,16,19,20). The van der Waals surface area contributed by atoms with Gasteiger partial charge in [0.15, 0.2) is 17.4 Å². The predicted molar refractivity (Wildman–Crippen MR) is 80.5 cm³/mol. The minimum Gasteiger partial charge on any atom is -0.486 e. The Balaban J connectivity index is 1.83. The molecule has 2 aromatic heterocycles. The minimum absolute atomic E-state index is 0.332. The fraction of sp³-hybridized carbons (Fsp3) is 0.133. The molecule has 7 heteroatoms. The number of aromatic amines is 1. The second-order valence-corrected chi connectivity index (χ2v) is 4.80. The largest absolute Gasteiger partial charge is 0.486 e. The first-order valence-corrected chi connectivity index (χ1v) is 6.83. The Bertz CT molecular complexity index is 816. The minimum atomic E-state index is 0.332. The number of hydrogen-bond acceptors (Lipinski definition) is 6. The van der Waals surface area contributed by atoms with Crippen molar-refractivity contribution in [3.63, 3.8) is 0 Å². The molecule has 1 aliphatic rings. The average molecular weight is 295 g/mol. The van der Waals surface area contributed by atoms with Gasteiger partial charge in [-0.15, -0.1) is 0 Å². The van der Waals surface area contributed by atoms with E-state index >= 15 is 0 Å². The number of imidazole rings is 1. The van der Waals surface area contributed by atoms with Gasteiger partial charge in [-0.1, -0.05) is 0 Å². The van der Waals surface area contributed by atoms with E-state index in [9.17, 15) is 0 Å². The van der Waals surface area contributed by atoms with Gasteiger partial charge < -0.3 is 20.2 Å². The van der Waals surface area contributed by atoms with E-state index < -0.39 is 0 Å². The Morgan fingerprint density at radius 1 is 1.09 bits per heavy atom. The summed E-state index contributed by atoms with van der Waals surface area (Å²) in [6.07, 6.45) is 3.15. The second-order valence-electron chi connectivity index (χ2n) is 4.80. The number of hydrogen-bond donors (Lipinski definition) is 2. The van der Waals surface area contributed by atoms with Crippen molar-refractivity contribution in [2.45, 2.75) is 0 Å². The average Bonchev–Trinajstić information content (AvgIpc) is 2.97. The van der Waals surface area contributed by atoms with Crippen LogP contribution in [0, 0.1) is 0 Å². The molecule has 110 valence electrons. The van der Waals surface area contributed by atoms with Crippen LogP contribution in [-0.4, -0.2) is 33.1 Å². The number of nitrogen functional groups attached to an aromatic ring is 1. The lowest BCUT2D eigenvalue weighted by atomic mass is 10.1. The van der Waals surface area contributed by atoms with Crippen molar-refractivity contribution >= 4 is 5.95 Å². The van der Waals surface area contributed by atoms with Crippen molar-refractivity contribution in [2.24, 2.45) is 0 Å². The van der Waals surface area contributed by atoms with Gasteiger partial charge in [-0.25, -0.2) is 15.0 Å². The molecule has 1 aromatic carbocycles. The highest BCUT2D eigenvalue weighted by Crippen LogP contribution is 2.37. The van der Waals surface area contributed by atoms with Gasteiger partial charge in [0.25, 0.3) is 0 Å². The maximum atomic E-state index is 5.83. The second kappa shape index (κ2) is 5.03. The fourth-order valence-electron chi connectivity index (χ4n) is 2.42. The van der Waals surface area contributed by atoms with Crippen LogP contribution in [0.1, 0.15) is 0 Å². The Labute approximate surface area is 126 Å². The van der Waals surface area contributed by atoms with Crippen LogP contribution >= 0.6 is 0 Å². The zero-order valence-corrected chi connectivity index (χ0v) is 11.6. The van der Waals surface area contributed by atoms with E-state index in [4.69, 9.17) is 15.2 Å². The summed E-state index contributed by atoms with van der Waals surface area (Å²) in [7, 11) is 0. The molecule has 3 N–H and O–H groups in total. The van der Waals surface area contributed by atoms with E-state index in [1.165, 1.54) is 6.33 Å². The highest BCUT2D eigenvalue weighted by Gasteiger charge is 2.17. The number of nitrogens with zero attached hydrogens (tertiary/aromatic N) is 3. The summed E-state index contributed by atoms with van der Waals surface area (Å²) in [4.78, 5) is 15.6. The normalized spacial score (nSPS) is 13.1. The fourth-order valence-corrected chi connectivity index (χ4v) is 2.42. The van der Waals surface area contributed by atoms with Crippen LogP contribution < -0.4 is 15.2 Å². The van der Waals surface area contributed by atoms with E-state index in [-0.39, 0.29) is 0 Å². The zero-order valence-electron chi connectivity index (χ0n) is 11.6. The molecule has 7 nitrogen and oxygen atoms in total. The van der Waals surface area contributed by atoms with Crippen molar-refractivity contribution in [3.8, 4) is 34.1 Å². The monoisotopic (exact) mass is 295 g/mol. The third-order valence-electron chi connectivity index (χ3n) is 3.38. The Kier molecular flexibility index (Phi) is 2.89. The number of ether oxygens (including phenoxy) is 2. The zero-order chi connectivity index (χ0) is 14.9. The number of nitrogens with one attached hydrogen (secondary N) is 1. The maximum Gasteiger partial charge on any atom is 0.198 e. The first-order valence-electron chi connectivity index (χ1n) is 6.83. The summed E-state index contributed by atoms with van der Waals surface area (Å²) in [6, 6.07) is 7.51. The van der Waals surface area contributed by atoms with Crippen LogP contribution in [0.15, 0.2) is 36.8 Å². The van der Waals surface area contributed by atoms with Crippen LogP contribution in [-0.2, 0) is 0 Å². The van der Waals surface area contributed by atoms with Gasteiger partial charge in [0.05, 0.1) is 11.4 Å². The van der Waals surface area contributed by atoms with Crippen molar-refractivity contribution in [3.05, 3.63) is 36.8 Å². The van der Waals surface area contributed by atoms with Crippen LogP contribution in [0.25, 0.3) is 22.6 Å². The van der Waals surface area contributed by atoms with Gasteiger partial charge in [-0.2, -0.15) is 0 Å². The van der Waals surface area contributed by atoms with E-state index in [0.717, 1.165) is 17.0 Å². The molecule has 3 heterocycles. The summed E-state index contributed by atoms with van der Waals surface area (Å²) in [5, 5.41) is 0. The molecule has 0 fully saturated rings. The lowest BCUT2D eigenvalue weighted by molar-refractivity contribution is 0.171. The molecule has 0 amide bonds. The Morgan fingerprint density at radius 2 is 1.95 bits per heavy atom. The topological polar surface area (TPSA) is 98.9 Å². The van der Waals surface area contributed by atoms with E-state index in [0.29, 0.717) is 36.3 Å². The number of anilines is 1. The lowest BCUT2D eigenvalue weighted by Gasteiger charge is -2.18. The molecule has 3 aromatic rings. The highest BCUT2D eigenvalue weighted by atomic mass is 16.6. The number of aromatic nitrogens is 4. The third-order valence-corrected chi connectivity index (χ3v) is 3.38. The maximum absolute atomic E-state index is 5.83. The summed E-state index contributed by atoms with van der Waals surface area (Å²) in [5.41, 5.74) is 8.90. The Hall–Kier alpha value is -3.09. The van der Waals surface area contributed by atoms with Gasteiger partial charge in [-0.05, 0) is 24.3 Å². The smallest absolute Gasteiger partial charge is 0.198 e. The SMILES string of the molecule is Nc1nc(-c2ccncn2)c(-c2ccc3c(c2)OCCO3)[nH]1. The summed E-state index contributed by atoms with van der Waals surface area (Å²) < 4.78 is 11.2. The number of nitrogens with two attached hydrogens (primary N) is 1. The number of H-pyrrole nitrogens is 1. The van der Waals surface area contributed by atoms with Gasteiger partial charge >= 0.3 is 0 Å². The first kappa shape index (κ1) is 12.6. The highest BCUT2D eigenvalue weighted by molar-refractivity contribution is 5.79. The third kappa shape index (κ3) is 2.12. The van der Waals surface area contributed by atoms with Crippen LogP contribution in [0.2, 0.25) is 0 Å². The summed E-state index contributed by atoms with van der Waals surface area (Å²) >= 11 is 0. The molecule has 1 aliphatic heterocycles. The molecule has 4 rings (SSSR count). The van der Waals surface area contributed by atoms with Gasteiger partial charge in [0.2, 0.25) is 0 Å². The molecular weight excluding hydrogens is 282 g/mol. The van der Waals surface area contributed by atoms with Crippen molar-refractivity contribution < 1.29 is 9.47 Å². The first-order chi connectivity index (χ1) is 10.8. The lowest BCUT2D eigenvalue weighted by Crippen LogP contribution is -2.15. The van der Waals surface area contributed by atoms with Gasteiger partial charge in [0.1, 0.15) is 25.2 Å². The van der Waals surface area contributed by atoms with E-state index in [1.807, 2.05) is 18.2 Å². The molecular formula is C15H13N5O2. The molecule has 0 spiro atoms. The molecule has 0 radical (unpaired) electrons. The van der Waals surface area contributed by atoms with Crippen LogP contribution in [0.3, 0.4) is 0 Å². The molecule has 0 atom stereocenters. The molecule has 0 bridgehead atoms. The van der Waals surface area contributed by atoms with Crippen molar-refractivity contribution in [2.75, 3.05) is 18.9 Å². The number of benzene rings is 1. The molecule has 0 saturated carbocycles. The van der Waals surface area contributed by atoms with E-state index in [2.05, 4.69) is 19.9 Å². The van der Waals surface area contributed by atoms with Gasteiger partial charge in [-0.3, -0.25) is 0 Å². The molecule has 0 unspecified atom stereocenters. The van der Waals surface area contributed by atoms with Crippen molar-refractivity contribution in [1.29, 1.82) is 0 Å². The van der Waals surface area contributed by atoms with E-state index in [1.54, 1.807) is 12.3 Å². The quantitative estimate of drug-likeness (QED) is 0.749. The predicted octanol–water partition coefficient (Wildman–Crippen LogP) is 1.89. The Morgan fingerprint density at radius 3 is 2.77 bits per heavy atom. The van der Waals surface area contributed by atoms with Gasteiger partial charge in [0, 0.05) is 11.8 Å². The number of rotatable bonds is 2. The summed E-state index contributed by atoms with van der Waals surface area (Å²) in [5.74, 6) is 1.79.